The highest BCUT2D eigenvalue weighted by molar-refractivity contribution is 6.06. The monoisotopic (exact) mass is 371 g/mol. The fourth-order valence-electron chi connectivity index (χ4n) is 2.74. The van der Waals surface area contributed by atoms with E-state index < -0.39 is 0 Å². The molecule has 0 saturated carbocycles. The van der Waals surface area contributed by atoms with Gasteiger partial charge in [0.25, 0.3) is 5.91 Å². The van der Waals surface area contributed by atoms with Crippen LogP contribution in [-0.4, -0.2) is 23.2 Å². The highest BCUT2D eigenvalue weighted by Crippen LogP contribution is 2.29. The van der Waals surface area contributed by atoms with Gasteiger partial charge in [0.05, 0.1) is 18.4 Å². The van der Waals surface area contributed by atoms with Gasteiger partial charge in [-0.3, -0.25) is 4.79 Å². The van der Waals surface area contributed by atoms with Crippen molar-refractivity contribution in [1.29, 1.82) is 0 Å². The van der Waals surface area contributed by atoms with Gasteiger partial charge < -0.3 is 14.5 Å². The number of hydrogen-bond acceptors (Lipinski definition) is 5. The van der Waals surface area contributed by atoms with Crippen molar-refractivity contribution in [1.82, 2.24) is 10.2 Å². The first-order chi connectivity index (χ1) is 13.7. The first kappa shape index (κ1) is 17.5. The van der Waals surface area contributed by atoms with Gasteiger partial charge in [-0.25, -0.2) is 0 Å². The minimum atomic E-state index is -0.238. The lowest BCUT2D eigenvalue weighted by atomic mass is 10.1. The number of ether oxygens (including phenoxy) is 1. The average molecular weight is 371 g/mol. The summed E-state index contributed by atoms with van der Waals surface area (Å²) in [6.45, 7) is 0. The van der Waals surface area contributed by atoms with E-state index in [9.17, 15) is 4.79 Å². The van der Waals surface area contributed by atoms with Gasteiger partial charge in [-0.15, -0.1) is 10.2 Å². The van der Waals surface area contributed by atoms with Crippen LogP contribution < -0.4 is 10.1 Å². The summed E-state index contributed by atoms with van der Waals surface area (Å²) in [5.41, 5.74) is 2.60. The Hall–Kier alpha value is -3.93. The SMILES string of the molecule is COc1ccc(C(=O)Nc2ccccc2-c2nnc(-c3ccccc3)o2)cc1. The molecular formula is C22H17N3O3. The summed E-state index contributed by atoms with van der Waals surface area (Å²) in [4.78, 5) is 12.6. The zero-order chi connectivity index (χ0) is 19.3. The maximum absolute atomic E-state index is 12.6. The van der Waals surface area contributed by atoms with E-state index in [1.807, 2.05) is 48.5 Å². The largest absolute Gasteiger partial charge is 0.497 e. The van der Waals surface area contributed by atoms with Gasteiger partial charge in [0, 0.05) is 11.1 Å². The molecular weight excluding hydrogens is 354 g/mol. The van der Waals surface area contributed by atoms with Crippen molar-refractivity contribution < 1.29 is 13.9 Å². The number of carbonyl (C=O) groups excluding carboxylic acids is 1. The Morgan fingerprint density at radius 1 is 0.857 bits per heavy atom. The lowest BCUT2D eigenvalue weighted by Gasteiger charge is -2.09. The molecule has 6 heteroatoms. The first-order valence-corrected chi connectivity index (χ1v) is 8.68. The molecule has 1 aromatic heterocycles. The number of anilines is 1. The molecule has 1 N–H and O–H groups in total. The van der Waals surface area contributed by atoms with Gasteiger partial charge in [-0.2, -0.15) is 0 Å². The summed E-state index contributed by atoms with van der Waals surface area (Å²) in [6, 6.07) is 23.7. The second-order valence-corrected chi connectivity index (χ2v) is 6.01. The number of amides is 1. The number of methoxy groups -OCH3 is 1. The van der Waals surface area contributed by atoms with Gasteiger partial charge in [0.15, 0.2) is 0 Å². The van der Waals surface area contributed by atoms with E-state index in [0.717, 1.165) is 5.56 Å². The molecule has 4 rings (SSSR count). The zero-order valence-electron chi connectivity index (χ0n) is 15.1. The molecule has 6 nitrogen and oxygen atoms in total. The Labute approximate surface area is 161 Å². The van der Waals surface area contributed by atoms with Gasteiger partial charge in [0.2, 0.25) is 11.8 Å². The van der Waals surface area contributed by atoms with Gasteiger partial charge in [-0.1, -0.05) is 30.3 Å². The lowest BCUT2D eigenvalue weighted by molar-refractivity contribution is 0.102. The first-order valence-electron chi connectivity index (χ1n) is 8.68. The summed E-state index contributed by atoms with van der Waals surface area (Å²) in [5.74, 6) is 1.21. The van der Waals surface area contributed by atoms with Crippen LogP contribution in [0, 0.1) is 0 Å². The van der Waals surface area contributed by atoms with Crippen LogP contribution in [0.4, 0.5) is 5.69 Å². The van der Waals surface area contributed by atoms with E-state index in [0.29, 0.717) is 34.3 Å². The second-order valence-electron chi connectivity index (χ2n) is 6.01. The second kappa shape index (κ2) is 7.75. The van der Waals surface area contributed by atoms with E-state index in [2.05, 4.69) is 15.5 Å². The molecule has 0 spiro atoms. The predicted octanol–water partition coefficient (Wildman–Crippen LogP) is 4.66. The van der Waals surface area contributed by atoms with Crippen molar-refractivity contribution in [2.75, 3.05) is 12.4 Å². The third kappa shape index (κ3) is 3.61. The van der Waals surface area contributed by atoms with Crippen LogP contribution in [0.1, 0.15) is 10.4 Å². The number of benzene rings is 3. The van der Waals surface area contributed by atoms with Gasteiger partial charge >= 0.3 is 0 Å². The van der Waals surface area contributed by atoms with Gasteiger partial charge in [0.1, 0.15) is 5.75 Å². The molecule has 0 radical (unpaired) electrons. The predicted molar refractivity (Wildman–Crippen MR) is 106 cm³/mol. The molecule has 4 aromatic rings. The molecule has 0 aliphatic heterocycles. The summed E-state index contributed by atoms with van der Waals surface area (Å²) >= 11 is 0. The standard InChI is InChI=1S/C22H17N3O3/c1-27-17-13-11-15(12-14-17)20(26)23-19-10-6-5-9-18(19)22-25-24-21(28-22)16-7-3-2-4-8-16/h2-14H,1H3,(H,23,26). The molecule has 0 aliphatic carbocycles. The van der Waals surface area contributed by atoms with Crippen LogP contribution in [-0.2, 0) is 0 Å². The van der Waals surface area contributed by atoms with E-state index in [4.69, 9.17) is 9.15 Å². The van der Waals surface area contributed by atoms with Crippen molar-refractivity contribution in [3.05, 3.63) is 84.4 Å². The molecule has 0 bridgehead atoms. The minimum absolute atomic E-state index is 0.238. The summed E-state index contributed by atoms with van der Waals surface area (Å²) in [5, 5.41) is 11.2. The molecule has 1 heterocycles. The topological polar surface area (TPSA) is 77.2 Å². The average Bonchev–Trinajstić information content (AvgIpc) is 3.25. The Bertz CT molecular complexity index is 1090. The van der Waals surface area contributed by atoms with Crippen molar-refractivity contribution in [2.45, 2.75) is 0 Å². The molecule has 0 atom stereocenters. The zero-order valence-corrected chi connectivity index (χ0v) is 15.1. The van der Waals surface area contributed by atoms with Crippen molar-refractivity contribution in [3.8, 4) is 28.7 Å². The highest BCUT2D eigenvalue weighted by Gasteiger charge is 2.15. The van der Waals surface area contributed by atoms with Crippen molar-refractivity contribution in [3.63, 3.8) is 0 Å². The van der Waals surface area contributed by atoms with Crippen LogP contribution in [0.3, 0.4) is 0 Å². The summed E-state index contributed by atoms with van der Waals surface area (Å²) in [7, 11) is 1.58. The Morgan fingerprint density at radius 2 is 1.54 bits per heavy atom. The summed E-state index contributed by atoms with van der Waals surface area (Å²) in [6.07, 6.45) is 0. The molecule has 28 heavy (non-hydrogen) atoms. The van der Waals surface area contributed by atoms with Crippen LogP contribution >= 0.6 is 0 Å². The Morgan fingerprint density at radius 3 is 2.29 bits per heavy atom. The third-order valence-corrected chi connectivity index (χ3v) is 4.20. The fraction of sp³-hybridized carbons (Fsp3) is 0.0455. The number of rotatable bonds is 5. The van der Waals surface area contributed by atoms with Crippen LogP contribution in [0.15, 0.2) is 83.3 Å². The molecule has 3 aromatic carbocycles. The normalized spacial score (nSPS) is 10.5. The van der Waals surface area contributed by atoms with Crippen molar-refractivity contribution >= 4 is 11.6 Å². The van der Waals surface area contributed by atoms with E-state index in [1.54, 1.807) is 37.4 Å². The number of nitrogens with one attached hydrogen (secondary N) is 1. The van der Waals surface area contributed by atoms with Crippen LogP contribution in [0.2, 0.25) is 0 Å². The third-order valence-electron chi connectivity index (χ3n) is 4.20. The number of para-hydroxylation sites is 1. The Balaban J connectivity index is 1.60. The molecule has 138 valence electrons. The molecule has 0 unspecified atom stereocenters. The van der Waals surface area contributed by atoms with Crippen LogP contribution in [0.5, 0.6) is 5.75 Å². The van der Waals surface area contributed by atoms with E-state index in [1.165, 1.54) is 0 Å². The number of aromatic nitrogens is 2. The maximum atomic E-state index is 12.6. The van der Waals surface area contributed by atoms with Crippen molar-refractivity contribution in [2.24, 2.45) is 0 Å². The van der Waals surface area contributed by atoms with Crippen LogP contribution in [0.25, 0.3) is 22.9 Å². The molecule has 0 saturated heterocycles. The molecule has 0 fully saturated rings. The molecule has 1 amide bonds. The van der Waals surface area contributed by atoms with Gasteiger partial charge in [-0.05, 0) is 48.5 Å². The Kier molecular flexibility index (Phi) is 4.84. The number of carbonyl (C=O) groups is 1. The minimum Gasteiger partial charge on any atom is -0.497 e. The van der Waals surface area contributed by atoms with E-state index >= 15 is 0 Å². The summed E-state index contributed by atoms with van der Waals surface area (Å²) < 4.78 is 10.9. The highest BCUT2D eigenvalue weighted by atomic mass is 16.5. The number of nitrogens with zero attached hydrogens (tertiary/aromatic N) is 2. The number of hydrogen-bond donors (Lipinski definition) is 1. The van der Waals surface area contributed by atoms with E-state index in [-0.39, 0.29) is 5.91 Å². The molecule has 0 aliphatic rings. The smallest absolute Gasteiger partial charge is 0.255 e. The maximum Gasteiger partial charge on any atom is 0.255 e. The fourth-order valence-corrected chi connectivity index (χ4v) is 2.74. The quantitative estimate of drug-likeness (QED) is 0.552. The lowest BCUT2D eigenvalue weighted by Crippen LogP contribution is -2.12.